The summed E-state index contributed by atoms with van der Waals surface area (Å²) in [6.45, 7) is -1.40. The molecule has 0 aliphatic heterocycles. The second kappa shape index (κ2) is 10.4. The highest BCUT2D eigenvalue weighted by molar-refractivity contribution is 5.84. The number of carbonyl (C=O) groups is 3. The monoisotopic (exact) mass is 592 g/mol. The number of halogens is 15. The molecule has 216 valence electrons. The van der Waals surface area contributed by atoms with E-state index in [1.807, 2.05) is 0 Å². The van der Waals surface area contributed by atoms with Crippen molar-refractivity contribution >= 4 is 17.9 Å². The van der Waals surface area contributed by atoms with Crippen LogP contribution in [0.15, 0.2) is 18.2 Å². The smallest absolute Gasteiger partial charge is 0.461 e. The SMILES string of the molecule is O=C(OCCc1ccc(OC(=O)C(F)(F)C(F)(F)F)c(OC(=O)C(F)(F)C(F)(F)F)c1)C(F)(F)C(F)(F)F. The number of rotatable bonds is 8. The summed E-state index contributed by atoms with van der Waals surface area (Å²) < 4.78 is 199. The largest absolute Gasteiger partial charge is 0.465 e. The topological polar surface area (TPSA) is 78.9 Å². The maximum atomic E-state index is 13.2. The summed E-state index contributed by atoms with van der Waals surface area (Å²) in [4.78, 5) is 33.4. The zero-order valence-electron chi connectivity index (χ0n) is 17.3. The van der Waals surface area contributed by atoms with Gasteiger partial charge in [-0.05, 0) is 17.7 Å². The molecule has 0 unspecified atom stereocenters. The van der Waals surface area contributed by atoms with Crippen LogP contribution >= 0.6 is 0 Å². The molecule has 0 heterocycles. The second-order valence-corrected chi connectivity index (χ2v) is 6.66. The average molecular weight is 592 g/mol. The van der Waals surface area contributed by atoms with Gasteiger partial charge in [-0.15, -0.1) is 0 Å². The fraction of sp³-hybridized carbons (Fsp3) is 0.471. The standard InChI is InChI=1S/C17H7F15O6/c18-12(19,15(24,25)26)9(33)36-4-3-6-1-2-7(37-10(34)13(20,21)16(27,28)29)8(5-6)38-11(35)14(22,23)17(30,31)32/h1-2,5H,3-4H2. The van der Waals surface area contributed by atoms with Crippen molar-refractivity contribution in [2.45, 2.75) is 42.7 Å². The van der Waals surface area contributed by atoms with Gasteiger partial charge in [-0.3, -0.25) is 0 Å². The van der Waals surface area contributed by atoms with Gasteiger partial charge in [0.15, 0.2) is 11.5 Å². The number of carbonyl (C=O) groups excluding carboxylic acids is 3. The molecule has 0 fully saturated rings. The fourth-order valence-electron chi connectivity index (χ4n) is 1.90. The maximum absolute atomic E-state index is 13.2. The van der Waals surface area contributed by atoms with Gasteiger partial charge in [-0.2, -0.15) is 65.9 Å². The molecule has 1 aromatic rings. The number of benzene rings is 1. The predicted octanol–water partition coefficient (Wildman–Crippen LogP) is 5.18. The van der Waals surface area contributed by atoms with E-state index >= 15 is 0 Å². The van der Waals surface area contributed by atoms with Crippen molar-refractivity contribution in [3.05, 3.63) is 23.8 Å². The van der Waals surface area contributed by atoms with E-state index in [0.717, 1.165) is 0 Å². The minimum Gasteiger partial charge on any atom is -0.461 e. The summed E-state index contributed by atoms with van der Waals surface area (Å²) in [5.74, 6) is -32.3. The van der Waals surface area contributed by atoms with Gasteiger partial charge >= 0.3 is 54.2 Å². The van der Waals surface area contributed by atoms with Crippen LogP contribution in [0.25, 0.3) is 0 Å². The molecule has 0 saturated carbocycles. The average Bonchev–Trinajstić information content (AvgIpc) is 2.72. The second-order valence-electron chi connectivity index (χ2n) is 6.66. The molecule has 0 radical (unpaired) electrons. The molecular formula is C17H7F15O6. The molecule has 0 amide bonds. The highest BCUT2D eigenvalue weighted by Gasteiger charge is 2.67. The van der Waals surface area contributed by atoms with Gasteiger partial charge in [0.2, 0.25) is 0 Å². The molecule has 1 rings (SSSR count). The Kier molecular flexibility index (Phi) is 8.91. The Morgan fingerprint density at radius 3 is 1.32 bits per heavy atom. The van der Waals surface area contributed by atoms with Gasteiger partial charge in [0.25, 0.3) is 0 Å². The highest BCUT2D eigenvalue weighted by atomic mass is 19.4. The van der Waals surface area contributed by atoms with E-state index in [1.165, 1.54) is 0 Å². The van der Waals surface area contributed by atoms with E-state index in [9.17, 15) is 80.2 Å². The van der Waals surface area contributed by atoms with Crippen molar-refractivity contribution in [3.8, 4) is 11.5 Å². The maximum Gasteiger partial charge on any atom is 0.465 e. The van der Waals surface area contributed by atoms with Crippen molar-refractivity contribution in [1.29, 1.82) is 0 Å². The number of esters is 3. The third-order valence-electron chi connectivity index (χ3n) is 3.87. The number of ether oxygens (including phenoxy) is 3. The van der Waals surface area contributed by atoms with Crippen LogP contribution in [-0.2, 0) is 25.5 Å². The fourth-order valence-corrected chi connectivity index (χ4v) is 1.90. The molecule has 6 nitrogen and oxygen atoms in total. The van der Waals surface area contributed by atoms with Crippen LogP contribution in [0.4, 0.5) is 65.9 Å². The van der Waals surface area contributed by atoms with Crippen molar-refractivity contribution < 1.29 is 94.5 Å². The van der Waals surface area contributed by atoms with Gasteiger partial charge in [0.05, 0.1) is 6.61 Å². The summed E-state index contributed by atoms with van der Waals surface area (Å²) in [5, 5.41) is 0. The first-order valence-electron chi connectivity index (χ1n) is 8.85. The third-order valence-corrected chi connectivity index (χ3v) is 3.87. The molecule has 0 aromatic heterocycles. The van der Waals surface area contributed by atoms with Gasteiger partial charge in [-0.25, -0.2) is 14.4 Å². The predicted molar refractivity (Wildman–Crippen MR) is 85.4 cm³/mol. The zero-order chi connectivity index (χ0) is 30.1. The van der Waals surface area contributed by atoms with Gasteiger partial charge in [0, 0.05) is 6.42 Å². The van der Waals surface area contributed by atoms with Crippen molar-refractivity contribution in [2.24, 2.45) is 0 Å². The minimum absolute atomic E-state index is 0.0500. The van der Waals surface area contributed by atoms with Crippen molar-refractivity contribution in [1.82, 2.24) is 0 Å². The summed E-state index contributed by atoms with van der Waals surface area (Å²) in [6.07, 6.45) is -20.6. The summed E-state index contributed by atoms with van der Waals surface area (Å²) in [7, 11) is 0. The van der Waals surface area contributed by atoms with E-state index in [0.29, 0.717) is 6.07 Å². The van der Waals surface area contributed by atoms with E-state index in [1.54, 1.807) is 0 Å². The van der Waals surface area contributed by atoms with E-state index in [-0.39, 0.29) is 12.1 Å². The van der Waals surface area contributed by atoms with Crippen molar-refractivity contribution in [2.75, 3.05) is 6.61 Å². The molecule has 0 N–H and O–H groups in total. The number of hydrogen-bond acceptors (Lipinski definition) is 6. The van der Waals surface area contributed by atoms with Crippen LogP contribution in [0, 0.1) is 0 Å². The quantitative estimate of drug-likeness (QED) is 0.236. The first-order chi connectivity index (χ1) is 16.8. The van der Waals surface area contributed by atoms with Crippen LogP contribution in [0.1, 0.15) is 5.56 Å². The lowest BCUT2D eigenvalue weighted by Gasteiger charge is -2.21. The molecule has 0 atom stereocenters. The van der Waals surface area contributed by atoms with Gasteiger partial charge in [-0.1, -0.05) is 6.07 Å². The molecule has 0 aliphatic carbocycles. The Bertz CT molecular complexity index is 1060. The lowest BCUT2D eigenvalue weighted by atomic mass is 10.1. The Balaban J connectivity index is 3.29. The number of hydrogen-bond donors (Lipinski definition) is 0. The van der Waals surface area contributed by atoms with E-state index in [4.69, 9.17) is 0 Å². The van der Waals surface area contributed by atoms with Gasteiger partial charge in [0.1, 0.15) is 0 Å². The molecule has 0 bridgehead atoms. The lowest BCUT2D eigenvalue weighted by molar-refractivity contribution is -0.280. The first kappa shape index (κ1) is 32.6. The Morgan fingerprint density at radius 1 is 0.553 bits per heavy atom. The molecule has 0 saturated heterocycles. The summed E-state index contributed by atoms with van der Waals surface area (Å²) in [6, 6.07) is 0.581. The Morgan fingerprint density at radius 2 is 0.921 bits per heavy atom. The van der Waals surface area contributed by atoms with E-state index in [2.05, 4.69) is 14.2 Å². The Hall–Kier alpha value is -3.42. The molecule has 0 spiro atoms. The molecule has 1 aromatic carbocycles. The van der Waals surface area contributed by atoms with Crippen LogP contribution in [0.5, 0.6) is 11.5 Å². The zero-order valence-corrected chi connectivity index (χ0v) is 17.3. The molecule has 38 heavy (non-hydrogen) atoms. The highest BCUT2D eigenvalue weighted by Crippen LogP contribution is 2.41. The van der Waals surface area contributed by atoms with Crippen LogP contribution in [0.3, 0.4) is 0 Å². The summed E-state index contributed by atoms with van der Waals surface area (Å²) >= 11 is 0. The number of alkyl halides is 15. The molecule has 21 heteroatoms. The molecule has 0 aliphatic rings. The minimum atomic E-state index is -6.63. The first-order valence-corrected chi connectivity index (χ1v) is 8.85. The lowest BCUT2D eigenvalue weighted by Crippen LogP contribution is -2.47. The molecular weight excluding hydrogens is 585 g/mol. The van der Waals surface area contributed by atoms with Crippen LogP contribution in [-0.4, -0.2) is 60.8 Å². The normalized spacial score (nSPS) is 13.7. The van der Waals surface area contributed by atoms with Crippen LogP contribution in [0.2, 0.25) is 0 Å². The Labute approximate surface area is 198 Å². The van der Waals surface area contributed by atoms with Crippen LogP contribution < -0.4 is 9.47 Å². The van der Waals surface area contributed by atoms with Gasteiger partial charge < -0.3 is 14.2 Å². The van der Waals surface area contributed by atoms with Crippen molar-refractivity contribution in [3.63, 3.8) is 0 Å². The third kappa shape index (κ3) is 6.91. The summed E-state index contributed by atoms with van der Waals surface area (Å²) in [5.41, 5.74) is -0.673. The van der Waals surface area contributed by atoms with E-state index < -0.39 is 84.3 Å².